The average molecular weight is 597 g/mol. The molecular formula is C33H33ClN6O3. The van der Waals surface area contributed by atoms with Crippen molar-refractivity contribution in [3.63, 3.8) is 0 Å². The topological polar surface area (TPSA) is 106 Å². The molecule has 4 aromatic rings. The maximum Gasteiger partial charge on any atom is 0.305 e. The number of methoxy groups -OCH3 is 1. The van der Waals surface area contributed by atoms with E-state index in [2.05, 4.69) is 62.2 Å². The van der Waals surface area contributed by atoms with Gasteiger partial charge in [-0.25, -0.2) is 9.97 Å². The minimum Gasteiger partial charge on any atom is -0.497 e. The first-order valence-corrected chi connectivity index (χ1v) is 14.8. The number of halogens is 1. The van der Waals surface area contributed by atoms with Crippen LogP contribution < -0.4 is 14.5 Å². The largest absolute Gasteiger partial charge is 0.497 e. The molecule has 9 nitrogen and oxygen atoms in total. The molecular weight excluding hydrogens is 564 g/mol. The molecule has 3 heterocycles. The predicted molar refractivity (Wildman–Crippen MR) is 167 cm³/mol. The SMILES string of the molecule is COc1ccc(CN2CC(CC(=O)O)N(c3nc(Cl)nc4c3CCN(c3cccc5ccccc35)C4)CC2CC#N)cc1. The lowest BCUT2D eigenvalue weighted by Gasteiger charge is -2.47. The summed E-state index contributed by atoms with van der Waals surface area (Å²) in [7, 11) is 1.63. The van der Waals surface area contributed by atoms with Crippen molar-refractivity contribution in [3.8, 4) is 11.8 Å². The minimum atomic E-state index is -0.880. The molecule has 220 valence electrons. The molecule has 0 spiro atoms. The van der Waals surface area contributed by atoms with E-state index < -0.39 is 5.97 Å². The predicted octanol–water partition coefficient (Wildman–Crippen LogP) is 5.30. The number of benzene rings is 3. The Labute approximate surface area is 255 Å². The lowest BCUT2D eigenvalue weighted by atomic mass is 9.97. The molecule has 2 aliphatic rings. The monoisotopic (exact) mass is 596 g/mol. The molecule has 43 heavy (non-hydrogen) atoms. The fourth-order valence-corrected chi connectivity index (χ4v) is 6.59. The molecule has 0 radical (unpaired) electrons. The summed E-state index contributed by atoms with van der Waals surface area (Å²) in [5, 5.41) is 22.1. The Morgan fingerprint density at radius 1 is 1.07 bits per heavy atom. The first-order valence-electron chi connectivity index (χ1n) is 14.4. The molecule has 3 aromatic carbocycles. The standard InChI is InChI=1S/C33H33ClN6O3/c1-43-26-11-9-22(10-12-26)18-39-19-25(17-31(41)42)40(20-24(39)13-15-35)32-28-14-16-38(21-29(28)36-33(34)37-32)30-8-4-6-23-5-2-3-7-27(23)30/h2-12,24-25H,13-14,16-21H2,1H3,(H,41,42). The number of rotatable bonds is 8. The van der Waals surface area contributed by atoms with Gasteiger partial charge in [-0.15, -0.1) is 0 Å². The number of hydrogen-bond donors (Lipinski definition) is 1. The number of fused-ring (bicyclic) bond motifs is 2. The van der Waals surface area contributed by atoms with Crippen LogP contribution in [0.5, 0.6) is 5.75 Å². The van der Waals surface area contributed by atoms with Gasteiger partial charge in [-0.2, -0.15) is 5.26 Å². The van der Waals surface area contributed by atoms with Crippen molar-refractivity contribution in [1.29, 1.82) is 5.26 Å². The highest BCUT2D eigenvalue weighted by Gasteiger charge is 2.38. The van der Waals surface area contributed by atoms with Crippen LogP contribution in [-0.2, 0) is 24.3 Å². The van der Waals surface area contributed by atoms with E-state index in [0.29, 0.717) is 44.8 Å². The number of anilines is 2. The molecule has 0 bridgehead atoms. The summed E-state index contributed by atoms with van der Waals surface area (Å²) >= 11 is 6.54. The zero-order valence-corrected chi connectivity index (χ0v) is 24.7. The molecule has 1 N–H and O–H groups in total. The summed E-state index contributed by atoms with van der Waals surface area (Å²) in [5.74, 6) is 0.579. The molecule has 0 amide bonds. The Balaban J connectivity index is 1.31. The number of carboxylic acids is 1. The van der Waals surface area contributed by atoms with E-state index >= 15 is 0 Å². The molecule has 2 aliphatic heterocycles. The molecule has 0 saturated carbocycles. The van der Waals surface area contributed by atoms with Crippen molar-refractivity contribution >= 4 is 39.8 Å². The second kappa shape index (κ2) is 12.5. The number of aromatic nitrogens is 2. The smallest absolute Gasteiger partial charge is 0.305 e. The van der Waals surface area contributed by atoms with Gasteiger partial charge < -0.3 is 19.6 Å². The summed E-state index contributed by atoms with van der Waals surface area (Å²) in [6.07, 6.45) is 0.944. The van der Waals surface area contributed by atoms with Crippen LogP contribution in [0.4, 0.5) is 11.5 Å². The van der Waals surface area contributed by atoms with Gasteiger partial charge in [-0.3, -0.25) is 9.69 Å². The van der Waals surface area contributed by atoms with Crippen molar-refractivity contribution in [2.45, 2.75) is 44.4 Å². The third-order valence-corrected chi connectivity index (χ3v) is 8.66. The van der Waals surface area contributed by atoms with E-state index in [1.165, 1.54) is 10.8 Å². The van der Waals surface area contributed by atoms with Crippen LogP contribution in [0.1, 0.15) is 29.7 Å². The van der Waals surface area contributed by atoms with E-state index in [1.54, 1.807) is 7.11 Å². The number of carboxylic acid groups (broad SMARTS) is 1. The molecule has 1 fully saturated rings. The van der Waals surface area contributed by atoms with E-state index in [0.717, 1.165) is 34.8 Å². The number of aliphatic carboxylic acids is 1. The molecule has 0 aliphatic carbocycles. The molecule has 2 atom stereocenters. The van der Waals surface area contributed by atoms with Gasteiger partial charge in [-0.05, 0) is 47.2 Å². The second-order valence-electron chi connectivity index (χ2n) is 11.1. The quantitative estimate of drug-likeness (QED) is 0.271. The van der Waals surface area contributed by atoms with Crippen molar-refractivity contribution < 1.29 is 14.6 Å². The van der Waals surface area contributed by atoms with Crippen molar-refractivity contribution in [3.05, 3.63) is 88.8 Å². The number of piperazine rings is 1. The molecule has 1 aromatic heterocycles. The molecule has 1 saturated heterocycles. The van der Waals surface area contributed by atoms with Crippen LogP contribution in [0.3, 0.4) is 0 Å². The van der Waals surface area contributed by atoms with Gasteiger partial charge in [0.2, 0.25) is 5.28 Å². The normalized spacial score (nSPS) is 18.7. The van der Waals surface area contributed by atoms with Crippen LogP contribution in [-0.4, -0.2) is 64.8 Å². The maximum absolute atomic E-state index is 12.1. The molecule has 10 heteroatoms. The summed E-state index contributed by atoms with van der Waals surface area (Å²) in [5.41, 5.74) is 4.06. The zero-order valence-electron chi connectivity index (χ0n) is 24.0. The Morgan fingerprint density at radius 2 is 1.86 bits per heavy atom. The fraction of sp³-hybridized carbons (Fsp3) is 0.333. The van der Waals surface area contributed by atoms with Gasteiger partial charge in [0.1, 0.15) is 11.6 Å². The van der Waals surface area contributed by atoms with Crippen LogP contribution in [0, 0.1) is 11.3 Å². The third-order valence-electron chi connectivity index (χ3n) is 8.49. The van der Waals surface area contributed by atoms with Gasteiger partial charge in [0.25, 0.3) is 0 Å². The summed E-state index contributed by atoms with van der Waals surface area (Å²) in [6, 6.07) is 24.4. The van der Waals surface area contributed by atoms with Crippen LogP contribution in [0.2, 0.25) is 5.28 Å². The van der Waals surface area contributed by atoms with Crippen molar-refractivity contribution in [2.75, 3.05) is 36.5 Å². The minimum absolute atomic E-state index is 0.0586. The second-order valence-corrected chi connectivity index (χ2v) is 11.4. The Bertz CT molecular complexity index is 1670. The zero-order chi connectivity index (χ0) is 29.9. The summed E-state index contributed by atoms with van der Waals surface area (Å²) in [4.78, 5) is 28.0. The highest BCUT2D eigenvalue weighted by Crippen LogP contribution is 2.36. The summed E-state index contributed by atoms with van der Waals surface area (Å²) in [6.45, 7) is 2.88. The van der Waals surface area contributed by atoms with E-state index in [1.807, 2.05) is 30.3 Å². The van der Waals surface area contributed by atoms with Gasteiger partial charge >= 0.3 is 5.97 Å². The third kappa shape index (κ3) is 6.07. The van der Waals surface area contributed by atoms with Gasteiger partial charge in [0.15, 0.2) is 0 Å². The Morgan fingerprint density at radius 3 is 2.63 bits per heavy atom. The van der Waals surface area contributed by atoms with Crippen LogP contribution in [0.25, 0.3) is 10.8 Å². The van der Waals surface area contributed by atoms with Crippen molar-refractivity contribution in [2.24, 2.45) is 0 Å². The number of nitrogens with zero attached hydrogens (tertiary/aromatic N) is 6. The number of nitriles is 1. The lowest BCUT2D eigenvalue weighted by Crippen LogP contribution is -2.59. The van der Waals surface area contributed by atoms with E-state index in [9.17, 15) is 15.2 Å². The summed E-state index contributed by atoms with van der Waals surface area (Å²) < 4.78 is 5.29. The number of hydrogen-bond acceptors (Lipinski definition) is 8. The Hall–Kier alpha value is -4.39. The van der Waals surface area contributed by atoms with Crippen molar-refractivity contribution in [1.82, 2.24) is 14.9 Å². The maximum atomic E-state index is 12.1. The first-order chi connectivity index (χ1) is 20.9. The van der Waals surface area contributed by atoms with E-state index in [4.69, 9.17) is 21.3 Å². The highest BCUT2D eigenvalue weighted by molar-refractivity contribution is 6.28. The van der Waals surface area contributed by atoms with Gasteiger partial charge in [0, 0.05) is 48.9 Å². The van der Waals surface area contributed by atoms with Crippen LogP contribution >= 0.6 is 11.6 Å². The Kier molecular flexibility index (Phi) is 8.32. The number of carbonyl (C=O) groups is 1. The van der Waals surface area contributed by atoms with Crippen LogP contribution in [0.15, 0.2) is 66.7 Å². The van der Waals surface area contributed by atoms with Gasteiger partial charge in [-0.1, -0.05) is 48.5 Å². The van der Waals surface area contributed by atoms with Gasteiger partial charge in [0.05, 0.1) is 44.3 Å². The average Bonchev–Trinajstić information content (AvgIpc) is 3.01. The number of ether oxygens (including phenoxy) is 1. The first kappa shape index (κ1) is 28.7. The lowest BCUT2D eigenvalue weighted by molar-refractivity contribution is -0.137. The molecule has 2 unspecified atom stereocenters. The molecule has 6 rings (SSSR count). The highest BCUT2D eigenvalue weighted by atomic mass is 35.5. The van der Waals surface area contributed by atoms with E-state index in [-0.39, 0.29) is 23.8 Å². The fourth-order valence-electron chi connectivity index (χ4n) is 6.41.